The van der Waals surface area contributed by atoms with Crippen LogP contribution >= 0.6 is 0 Å². The summed E-state index contributed by atoms with van der Waals surface area (Å²) in [6, 6.07) is 0.179. The first-order valence-corrected chi connectivity index (χ1v) is 6.78. The number of hydrogen-bond donors (Lipinski definition) is 3. The highest BCUT2D eigenvalue weighted by Crippen LogP contribution is 2.28. The molecule has 0 aromatic carbocycles. The monoisotopic (exact) mass is 240 g/mol. The molecule has 0 spiro atoms. The second-order valence-corrected chi connectivity index (χ2v) is 5.79. The number of hydrogen-bond acceptors (Lipinski definition) is 3. The second kappa shape index (κ2) is 5.36. The van der Waals surface area contributed by atoms with Crippen molar-refractivity contribution in [2.24, 2.45) is 11.3 Å². The molecule has 1 saturated carbocycles. The van der Waals surface area contributed by atoms with Crippen LogP contribution in [0.3, 0.4) is 0 Å². The van der Waals surface area contributed by atoms with E-state index in [4.69, 9.17) is 0 Å². The van der Waals surface area contributed by atoms with Crippen LogP contribution in [0.1, 0.15) is 39.0 Å². The maximum atomic E-state index is 12.3. The number of amides is 1. The van der Waals surface area contributed by atoms with Crippen LogP contribution in [0, 0.1) is 11.3 Å². The van der Waals surface area contributed by atoms with E-state index in [-0.39, 0.29) is 29.9 Å². The SMILES string of the molecule is CC1(C(=O)NC2CCCCC2CO)CCNC1. The van der Waals surface area contributed by atoms with Gasteiger partial charge in [-0.2, -0.15) is 0 Å². The molecule has 1 aliphatic heterocycles. The van der Waals surface area contributed by atoms with E-state index in [2.05, 4.69) is 10.6 Å². The molecule has 1 amide bonds. The maximum Gasteiger partial charge on any atom is 0.227 e. The van der Waals surface area contributed by atoms with E-state index in [0.29, 0.717) is 0 Å². The van der Waals surface area contributed by atoms with Crippen molar-refractivity contribution in [3.63, 3.8) is 0 Å². The molecular weight excluding hydrogens is 216 g/mol. The normalized spacial score (nSPS) is 38.0. The quantitative estimate of drug-likeness (QED) is 0.679. The minimum Gasteiger partial charge on any atom is -0.396 e. The molecule has 4 heteroatoms. The Hall–Kier alpha value is -0.610. The van der Waals surface area contributed by atoms with Gasteiger partial charge in [0.25, 0.3) is 0 Å². The summed E-state index contributed by atoms with van der Waals surface area (Å²) >= 11 is 0. The zero-order valence-electron chi connectivity index (χ0n) is 10.7. The van der Waals surface area contributed by atoms with E-state index >= 15 is 0 Å². The van der Waals surface area contributed by atoms with Crippen LogP contribution in [0.4, 0.5) is 0 Å². The van der Waals surface area contributed by atoms with Gasteiger partial charge in [0.1, 0.15) is 0 Å². The highest BCUT2D eigenvalue weighted by Gasteiger charge is 2.38. The van der Waals surface area contributed by atoms with Gasteiger partial charge in [-0.3, -0.25) is 4.79 Å². The van der Waals surface area contributed by atoms with E-state index in [1.807, 2.05) is 6.92 Å². The smallest absolute Gasteiger partial charge is 0.227 e. The average Bonchev–Trinajstić information content (AvgIpc) is 2.78. The van der Waals surface area contributed by atoms with Crippen LogP contribution in [-0.4, -0.2) is 36.8 Å². The van der Waals surface area contributed by atoms with Crippen molar-refractivity contribution in [3.05, 3.63) is 0 Å². The Morgan fingerprint density at radius 1 is 1.47 bits per heavy atom. The summed E-state index contributed by atoms with van der Waals surface area (Å²) in [7, 11) is 0. The van der Waals surface area contributed by atoms with Gasteiger partial charge < -0.3 is 15.7 Å². The Bertz CT molecular complexity index is 275. The molecule has 2 aliphatic rings. The minimum atomic E-state index is -0.253. The highest BCUT2D eigenvalue weighted by molar-refractivity contribution is 5.83. The third-order valence-corrected chi connectivity index (χ3v) is 4.38. The Balaban J connectivity index is 1.92. The zero-order valence-corrected chi connectivity index (χ0v) is 10.7. The van der Waals surface area contributed by atoms with Gasteiger partial charge in [0.15, 0.2) is 0 Å². The molecular formula is C13H24N2O2. The minimum absolute atomic E-state index is 0.160. The first kappa shape index (κ1) is 12.8. The van der Waals surface area contributed by atoms with Gasteiger partial charge in [0, 0.05) is 25.1 Å². The second-order valence-electron chi connectivity index (χ2n) is 5.79. The van der Waals surface area contributed by atoms with Gasteiger partial charge in [-0.15, -0.1) is 0 Å². The molecule has 2 rings (SSSR count). The molecule has 98 valence electrons. The molecule has 17 heavy (non-hydrogen) atoms. The molecule has 0 radical (unpaired) electrons. The number of rotatable bonds is 3. The number of carbonyl (C=O) groups excluding carboxylic acids is 1. The van der Waals surface area contributed by atoms with Gasteiger partial charge in [-0.1, -0.05) is 12.8 Å². The molecule has 1 aliphatic carbocycles. The summed E-state index contributed by atoms with van der Waals surface area (Å²) in [6.45, 7) is 3.92. The van der Waals surface area contributed by atoms with Gasteiger partial charge in [-0.25, -0.2) is 0 Å². The topological polar surface area (TPSA) is 61.4 Å². The molecule has 3 unspecified atom stereocenters. The fourth-order valence-corrected chi connectivity index (χ4v) is 2.97. The summed E-state index contributed by atoms with van der Waals surface area (Å²) in [5, 5.41) is 15.7. The summed E-state index contributed by atoms with van der Waals surface area (Å²) in [4.78, 5) is 12.3. The lowest BCUT2D eigenvalue weighted by Gasteiger charge is -2.33. The van der Waals surface area contributed by atoms with E-state index in [9.17, 15) is 9.90 Å². The Morgan fingerprint density at radius 2 is 2.24 bits per heavy atom. The van der Waals surface area contributed by atoms with Crippen LogP contribution in [0.2, 0.25) is 0 Å². The Morgan fingerprint density at radius 3 is 2.88 bits per heavy atom. The third-order valence-electron chi connectivity index (χ3n) is 4.38. The zero-order chi connectivity index (χ0) is 12.3. The van der Waals surface area contributed by atoms with Crippen LogP contribution in [0.15, 0.2) is 0 Å². The van der Waals surface area contributed by atoms with Gasteiger partial charge in [0.05, 0.1) is 5.41 Å². The molecule has 3 N–H and O–H groups in total. The lowest BCUT2D eigenvalue weighted by molar-refractivity contribution is -0.130. The average molecular weight is 240 g/mol. The van der Waals surface area contributed by atoms with E-state index in [1.165, 1.54) is 6.42 Å². The van der Waals surface area contributed by atoms with Crippen molar-refractivity contribution in [2.45, 2.75) is 45.1 Å². The van der Waals surface area contributed by atoms with Gasteiger partial charge in [0.2, 0.25) is 5.91 Å². The number of carbonyl (C=O) groups is 1. The van der Waals surface area contributed by atoms with Crippen molar-refractivity contribution >= 4 is 5.91 Å². The Labute approximate surface area is 103 Å². The van der Waals surface area contributed by atoms with Crippen LogP contribution in [0.25, 0.3) is 0 Å². The lowest BCUT2D eigenvalue weighted by atomic mass is 9.83. The largest absolute Gasteiger partial charge is 0.396 e. The van der Waals surface area contributed by atoms with Crippen molar-refractivity contribution in [1.82, 2.24) is 10.6 Å². The maximum absolute atomic E-state index is 12.3. The van der Waals surface area contributed by atoms with Gasteiger partial charge >= 0.3 is 0 Å². The Kier molecular flexibility index (Phi) is 4.05. The molecule has 0 aromatic heterocycles. The summed E-state index contributed by atoms with van der Waals surface area (Å²) in [5.41, 5.74) is -0.253. The predicted molar refractivity (Wildman–Crippen MR) is 66.6 cm³/mol. The standard InChI is InChI=1S/C13H24N2O2/c1-13(6-7-14-9-13)12(17)15-11-5-3-2-4-10(11)8-16/h10-11,14,16H,2-9H2,1H3,(H,15,17). The van der Waals surface area contributed by atoms with Crippen molar-refractivity contribution in [1.29, 1.82) is 0 Å². The van der Waals surface area contributed by atoms with Crippen LogP contribution < -0.4 is 10.6 Å². The van der Waals surface area contributed by atoms with E-state index in [0.717, 1.165) is 38.8 Å². The summed E-state index contributed by atoms with van der Waals surface area (Å²) in [5.74, 6) is 0.415. The lowest BCUT2D eigenvalue weighted by Crippen LogP contribution is -2.49. The van der Waals surface area contributed by atoms with Crippen molar-refractivity contribution in [2.75, 3.05) is 19.7 Å². The first-order valence-electron chi connectivity index (χ1n) is 6.78. The molecule has 3 atom stereocenters. The number of nitrogens with one attached hydrogen (secondary N) is 2. The fraction of sp³-hybridized carbons (Fsp3) is 0.923. The molecule has 2 fully saturated rings. The van der Waals surface area contributed by atoms with Crippen LogP contribution in [-0.2, 0) is 4.79 Å². The predicted octanol–water partition coefficient (Wildman–Crippen LogP) is 0.653. The van der Waals surface area contributed by atoms with Crippen molar-refractivity contribution in [3.8, 4) is 0 Å². The third kappa shape index (κ3) is 2.80. The molecule has 0 aromatic rings. The van der Waals surface area contributed by atoms with Gasteiger partial charge in [-0.05, 0) is 32.7 Å². The molecule has 1 heterocycles. The molecule has 0 bridgehead atoms. The van der Waals surface area contributed by atoms with E-state index < -0.39 is 0 Å². The number of aliphatic hydroxyl groups is 1. The fourth-order valence-electron chi connectivity index (χ4n) is 2.97. The van der Waals surface area contributed by atoms with Crippen molar-refractivity contribution < 1.29 is 9.90 Å². The van der Waals surface area contributed by atoms with E-state index in [1.54, 1.807) is 0 Å². The van der Waals surface area contributed by atoms with Crippen LogP contribution in [0.5, 0.6) is 0 Å². The molecule has 4 nitrogen and oxygen atoms in total. The number of aliphatic hydroxyl groups excluding tert-OH is 1. The highest BCUT2D eigenvalue weighted by atomic mass is 16.3. The summed E-state index contributed by atoms with van der Waals surface area (Å²) < 4.78 is 0. The molecule has 1 saturated heterocycles. The first-order chi connectivity index (χ1) is 8.15. The summed E-state index contributed by atoms with van der Waals surface area (Å²) in [6.07, 6.45) is 5.30.